The van der Waals surface area contributed by atoms with Crippen molar-refractivity contribution >= 4 is 22.4 Å². The second-order valence-electron chi connectivity index (χ2n) is 4.87. The standard InChI is InChI=1S/C12H13N3O2S.C5H6N2/c1-2-17-10(16)7-9-11(15-12(13)18-9)8-5-3-4-6-14-8;1-5-2-3-6-4-7-5/h3-6H,2,7H2,1H3,(H2,13,15);2-4H,1H3. The third-order valence-electron chi connectivity index (χ3n) is 2.96. The first kappa shape index (κ1) is 18.5. The van der Waals surface area contributed by atoms with Gasteiger partial charge in [-0.05, 0) is 32.0 Å². The highest BCUT2D eigenvalue weighted by Crippen LogP contribution is 2.28. The normalized spacial score (nSPS) is 9.84. The van der Waals surface area contributed by atoms with Crippen LogP contribution in [0.25, 0.3) is 11.4 Å². The van der Waals surface area contributed by atoms with Crippen molar-refractivity contribution in [2.75, 3.05) is 12.3 Å². The SMILES string of the molecule is CCOC(=O)Cc1sc(N)nc1-c1ccccn1.Cc1ccncn1. The monoisotopic (exact) mass is 357 g/mol. The molecule has 3 heterocycles. The van der Waals surface area contributed by atoms with Crippen LogP contribution in [0.2, 0.25) is 0 Å². The third kappa shape index (κ3) is 5.92. The Balaban J connectivity index is 0.000000269. The van der Waals surface area contributed by atoms with E-state index in [1.54, 1.807) is 19.3 Å². The average molecular weight is 357 g/mol. The molecule has 3 aromatic rings. The molecule has 0 amide bonds. The lowest BCUT2D eigenvalue weighted by atomic mass is 10.2. The summed E-state index contributed by atoms with van der Waals surface area (Å²) in [4.78, 5) is 28.3. The minimum Gasteiger partial charge on any atom is -0.466 e. The van der Waals surface area contributed by atoms with E-state index in [2.05, 4.69) is 19.9 Å². The lowest BCUT2D eigenvalue weighted by Gasteiger charge is -2.01. The Morgan fingerprint density at radius 2 is 2.08 bits per heavy atom. The zero-order chi connectivity index (χ0) is 18.1. The fourth-order valence-corrected chi connectivity index (χ4v) is 2.72. The number of rotatable bonds is 4. The Hall–Kier alpha value is -2.87. The van der Waals surface area contributed by atoms with E-state index in [4.69, 9.17) is 10.5 Å². The average Bonchev–Trinajstić information content (AvgIpc) is 2.97. The van der Waals surface area contributed by atoms with Gasteiger partial charge in [-0.2, -0.15) is 0 Å². The first-order valence-corrected chi connectivity index (χ1v) is 8.46. The minimum atomic E-state index is -0.279. The lowest BCUT2D eigenvalue weighted by molar-refractivity contribution is -0.142. The fraction of sp³-hybridized carbons (Fsp3) is 0.235. The van der Waals surface area contributed by atoms with E-state index in [9.17, 15) is 4.79 Å². The molecule has 2 N–H and O–H groups in total. The van der Waals surface area contributed by atoms with Crippen molar-refractivity contribution in [3.63, 3.8) is 0 Å². The van der Waals surface area contributed by atoms with E-state index < -0.39 is 0 Å². The quantitative estimate of drug-likeness (QED) is 0.716. The highest BCUT2D eigenvalue weighted by Gasteiger charge is 2.16. The highest BCUT2D eigenvalue weighted by atomic mass is 32.1. The first-order valence-electron chi connectivity index (χ1n) is 7.65. The number of pyridine rings is 1. The number of esters is 1. The van der Waals surface area contributed by atoms with Gasteiger partial charge in [0.25, 0.3) is 0 Å². The molecule has 0 saturated carbocycles. The van der Waals surface area contributed by atoms with E-state index in [-0.39, 0.29) is 12.4 Å². The molecule has 0 spiro atoms. The van der Waals surface area contributed by atoms with Crippen LogP contribution in [0.15, 0.2) is 43.0 Å². The molecule has 0 bridgehead atoms. The maximum atomic E-state index is 11.5. The molecule has 0 radical (unpaired) electrons. The van der Waals surface area contributed by atoms with E-state index in [1.807, 2.05) is 31.2 Å². The predicted molar refractivity (Wildman–Crippen MR) is 96.9 cm³/mol. The summed E-state index contributed by atoms with van der Waals surface area (Å²) < 4.78 is 4.92. The van der Waals surface area contributed by atoms with Crippen molar-refractivity contribution in [1.29, 1.82) is 0 Å². The summed E-state index contributed by atoms with van der Waals surface area (Å²) in [6.07, 6.45) is 5.12. The van der Waals surface area contributed by atoms with E-state index in [0.717, 1.165) is 10.6 Å². The summed E-state index contributed by atoms with van der Waals surface area (Å²) in [5.74, 6) is -0.279. The number of thiazole rings is 1. The number of hydrogen-bond acceptors (Lipinski definition) is 8. The van der Waals surface area contributed by atoms with Crippen molar-refractivity contribution in [1.82, 2.24) is 19.9 Å². The molecule has 0 aliphatic heterocycles. The largest absolute Gasteiger partial charge is 0.466 e. The Labute approximate surface area is 150 Å². The highest BCUT2D eigenvalue weighted by molar-refractivity contribution is 7.15. The topological polar surface area (TPSA) is 104 Å². The van der Waals surface area contributed by atoms with Crippen LogP contribution in [-0.4, -0.2) is 32.5 Å². The van der Waals surface area contributed by atoms with Gasteiger partial charge in [0.2, 0.25) is 0 Å². The summed E-state index contributed by atoms with van der Waals surface area (Å²) in [7, 11) is 0. The second-order valence-corrected chi connectivity index (χ2v) is 5.99. The molecule has 130 valence electrons. The molecule has 8 heteroatoms. The molecule has 0 atom stereocenters. The molecule has 25 heavy (non-hydrogen) atoms. The summed E-state index contributed by atoms with van der Waals surface area (Å²) in [5.41, 5.74) is 8.07. The van der Waals surface area contributed by atoms with Crippen molar-refractivity contribution in [2.24, 2.45) is 0 Å². The van der Waals surface area contributed by atoms with Gasteiger partial charge in [0.15, 0.2) is 5.13 Å². The van der Waals surface area contributed by atoms with Crippen LogP contribution in [0.5, 0.6) is 0 Å². The summed E-state index contributed by atoms with van der Waals surface area (Å²) in [6, 6.07) is 7.39. The van der Waals surface area contributed by atoms with Gasteiger partial charge in [0.05, 0.1) is 18.7 Å². The molecule has 0 aliphatic rings. The summed E-state index contributed by atoms with van der Waals surface area (Å²) in [6.45, 7) is 4.08. The Kier molecular flexibility index (Phi) is 6.97. The van der Waals surface area contributed by atoms with Crippen LogP contribution in [0.1, 0.15) is 17.5 Å². The smallest absolute Gasteiger partial charge is 0.311 e. The van der Waals surface area contributed by atoms with Crippen LogP contribution in [0.4, 0.5) is 5.13 Å². The van der Waals surface area contributed by atoms with Crippen molar-refractivity contribution in [3.05, 3.63) is 53.6 Å². The number of nitrogens with zero attached hydrogens (tertiary/aromatic N) is 4. The van der Waals surface area contributed by atoms with E-state index in [0.29, 0.717) is 23.1 Å². The molecule has 0 fully saturated rings. The Morgan fingerprint density at radius 3 is 2.64 bits per heavy atom. The van der Waals surface area contributed by atoms with Crippen molar-refractivity contribution in [3.8, 4) is 11.4 Å². The summed E-state index contributed by atoms with van der Waals surface area (Å²) >= 11 is 1.29. The molecular formula is C17H19N5O2S. The number of nitrogens with two attached hydrogens (primary N) is 1. The van der Waals surface area contributed by atoms with Gasteiger partial charge >= 0.3 is 5.97 Å². The molecular weight excluding hydrogens is 338 g/mol. The number of aromatic nitrogens is 4. The first-order chi connectivity index (χ1) is 12.1. The van der Waals surface area contributed by atoms with Gasteiger partial charge in [-0.1, -0.05) is 6.07 Å². The number of carbonyl (C=O) groups excluding carboxylic acids is 1. The Morgan fingerprint density at radius 1 is 1.24 bits per heavy atom. The van der Waals surface area contributed by atoms with Crippen LogP contribution >= 0.6 is 11.3 Å². The maximum absolute atomic E-state index is 11.5. The van der Waals surface area contributed by atoms with E-state index in [1.165, 1.54) is 17.7 Å². The van der Waals surface area contributed by atoms with Gasteiger partial charge in [-0.3, -0.25) is 9.78 Å². The lowest BCUT2D eigenvalue weighted by Crippen LogP contribution is -2.07. The molecule has 3 rings (SSSR count). The molecule has 0 aromatic carbocycles. The third-order valence-corrected chi connectivity index (χ3v) is 3.85. The predicted octanol–water partition coefficient (Wildman–Crippen LogP) is 2.68. The van der Waals surface area contributed by atoms with Gasteiger partial charge in [-0.15, -0.1) is 11.3 Å². The summed E-state index contributed by atoms with van der Waals surface area (Å²) in [5, 5.41) is 0.426. The number of nitrogen functional groups attached to an aromatic ring is 1. The molecule has 0 unspecified atom stereocenters. The van der Waals surface area contributed by atoms with Gasteiger partial charge in [0.1, 0.15) is 12.0 Å². The zero-order valence-corrected chi connectivity index (χ0v) is 14.9. The number of carbonyl (C=O) groups is 1. The number of aryl methyl sites for hydroxylation is 1. The zero-order valence-electron chi connectivity index (χ0n) is 14.0. The van der Waals surface area contributed by atoms with Crippen molar-refractivity contribution < 1.29 is 9.53 Å². The van der Waals surface area contributed by atoms with Gasteiger partial charge < -0.3 is 10.5 Å². The number of ether oxygens (including phenoxy) is 1. The minimum absolute atomic E-state index is 0.175. The number of anilines is 1. The fourth-order valence-electron chi connectivity index (χ4n) is 1.89. The molecule has 0 saturated heterocycles. The maximum Gasteiger partial charge on any atom is 0.311 e. The van der Waals surface area contributed by atoms with Crippen LogP contribution < -0.4 is 5.73 Å². The molecule has 0 aliphatic carbocycles. The number of hydrogen-bond donors (Lipinski definition) is 1. The van der Waals surface area contributed by atoms with Crippen LogP contribution in [0.3, 0.4) is 0 Å². The van der Waals surface area contributed by atoms with Crippen molar-refractivity contribution in [2.45, 2.75) is 20.3 Å². The van der Waals surface area contributed by atoms with E-state index >= 15 is 0 Å². The second kappa shape index (κ2) is 9.43. The van der Waals surface area contributed by atoms with Gasteiger partial charge in [-0.25, -0.2) is 15.0 Å². The Bertz CT molecular complexity index is 793. The van der Waals surface area contributed by atoms with Crippen LogP contribution in [0, 0.1) is 6.92 Å². The van der Waals surface area contributed by atoms with Crippen LogP contribution in [-0.2, 0) is 16.0 Å². The molecule has 3 aromatic heterocycles. The van der Waals surface area contributed by atoms with Gasteiger partial charge in [0, 0.05) is 23.0 Å². The molecule has 7 nitrogen and oxygen atoms in total.